The summed E-state index contributed by atoms with van der Waals surface area (Å²) in [7, 11) is 7.38. The first-order chi connectivity index (χ1) is 49.0. The van der Waals surface area contributed by atoms with Gasteiger partial charge in [-0.2, -0.15) is 0 Å². The molecule has 2 heterocycles. The molecule has 4 aliphatic rings. The van der Waals surface area contributed by atoms with E-state index in [-0.39, 0.29) is 113 Å². The number of hydrogen-bond acceptors (Lipinski definition) is 15. The van der Waals surface area contributed by atoms with Crippen LogP contribution in [0.25, 0.3) is 0 Å². The molecule has 0 aromatic rings. The molecule has 0 aromatic heterocycles. The van der Waals surface area contributed by atoms with Crippen molar-refractivity contribution in [2.75, 3.05) is 81.2 Å². The maximum atomic E-state index is 15.7. The lowest BCUT2D eigenvalue weighted by Gasteiger charge is -2.39. The van der Waals surface area contributed by atoms with Crippen molar-refractivity contribution in [1.29, 1.82) is 0 Å². The van der Waals surface area contributed by atoms with Gasteiger partial charge in [-0.1, -0.05) is 140 Å². The zero-order valence-electron chi connectivity index (χ0n) is 66.4. The smallest absolute Gasteiger partial charge is 0.248 e. The molecule has 2 aliphatic carbocycles. The second kappa shape index (κ2) is 44.6. The third-order valence-corrected chi connectivity index (χ3v) is 21.1. The highest BCUT2D eigenvalue weighted by atomic mass is 16.5. The largest absolute Gasteiger partial charge is 0.394 e. The van der Waals surface area contributed by atoms with Gasteiger partial charge < -0.3 is 75.8 Å². The van der Waals surface area contributed by atoms with Gasteiger partial charge >= 0.3 is 0 Å². The summed E-state index contributed by atoms with van der Waals surface area (Å²) < 4.78 is 5.78. The molecule has 2 saturated heterocycles. The second-order valence-electron chi connectivity index (χ2n) is 32.6. The molecule has 27 nitrogen and oxygen atoms in total. The molecule has 12 amide bonds. The van der Waals surface area contributed by atoms with Crippen LogP contribution in [0.3, 0.4) is 0 Å². The minimum Gasteiger partial charge on any atom is -0.394 e. The standard InChI is InChI=1S/C77H136N12O15/c1-18-32-89-46-67(94)84(14)60(39-50(6)7)70(96)80-58(38-49(4)5)74(100)87(17)64(43-55-30-24-20-25-31-55)76(102)86(16)62(41-52(10)11)71(97)81-59(75(101)88-33-26-21-27-34-88)45-65(92)79-57(37-48(2)3)73(99)85(15)63(42-54-28-22-19-23-29-54)69(95)78-56(47-104-36-35-90)44-66(93)83(13)61(40-51(8)9)72(98)82-68(53(12)91)77(89)103/h48-64,68,90-91H,18-47H2,1-17H3,(H,78,95)(H,79,92)(H,80,96)(H,81,97)(H,82,98)/t53-,56-,57-,58+,59+,60+,61+,62+,63+,64+,68+/m1/s1. The SMILES string of the molecule is CCCN1CC(=O)N(C)[C@@H](CC(C)C)C(=O)N[C@@H](CC(C)C)C(=O)N(C)[C@@H](CC2CCCCC2)C(=O)N(C)[C@@H](CC(C)C)C(=O)N[C@H](C(=O)N2CCCCC2)CC(=O)N[C@H](CC(C)C)C(=O)N(C)[C@@H](CC2CCCCC2)C(=O)N[C@@H](COCCO)CC(=O)N(C)[C@@H](CC(C)C)C(=O)N[C@@H]([C@@H](C)O)C1=O. The number of nitrogens with one attached hydrogen (secondary N) is 5. The molecule has 0 aromatic carbocycles. The lowest BCUT2D eigenvalue weighted by atomic mass is 9.84. The predicted octanol–water partition coefficient (Wildman–Crippen LogP) is 5.15. The number of aliphatic hydroxyl groups excluding tert-OH is 2. The van der Waals surface area contributed by atoms with E-state index < -0.39 is 157 Å². The van der Waals surface area contributed by atoms with Gasteiger partial charge in [0.25, 0.3) is 0 Å². The average molecular weight is 1470 g/mol. The molecule has 0 unspecified atom stereocenters. The number of likely N-dealkylation sites (tertiary alicyclic amines) is 1. The fourth-order valence-corrected chi connectivity index (χ4v) is 15.2. The van der Waals surface area contributed by atoms with Crippen LogP contribution in [0.1, 0.15) is 231 Å². The molecule has 104 heavy (non-hydrogen) atoms. The summed E-state index contributed by atoms with van der Waals surface area (Å²) in [4.78, 5) is 190. The van der Waals surface area contributed by atoms with E-state index in [1.165, 1.54) is 71.6 Å². The number of hydrogen-bond donors (Lipinski definition) is 7. The number of ether oxygens (including phenoxy) is 1. The summed E-state index contributed by atoms with van der Waals surface area (Å²) in [5.41, 5.74) is 0. The first-order valence-corrected chi connectivity index (χ1v) is 39.3. The van der Waals surface area contributed by atoms with Gasteiger partial charge in [0.05, 0.1) is 44.9 Å². The van der Waals surface area contributed by atoms with Crippen molar-refractivity contribution in [3.63, 3.8) is 0 Å². The molecule has 11 atom stereocenters. The fourth-order valence-electron chi connectivity index (χ4n) is 15.2. The molecule has 4 rings (SSSR count). The molecule has 4 fully saturated rings. The van der Waals surface area contributed by atoms with Crippen LogP contribution in [0.5, 0.6) is 0 Å². The molecular weight excluding hydrogens is 1330 g/mol. The van der Waals surface area contributed by atoms with E-state index in [1.54, 1.807) is 11.8 Å². The molecule has 7 N–H and O–H groups in total. The zero-order valence-corrected chi connectivity index (χ0v) is 66.4. The lowest BCUT2D eigenvalue weighted by Crippen LogP contribution is -2.61. The van der Waals surface area contributed by atoms with Crippen molar-refractivity contribution >= 4 is 70.9 Å². The fraction of sp³-hybridized carbons (Fsp3) is 0.844. The van der Waals surface area contributed by atoms with Gasteiger partial charge in [-0.25, -0.2) is 0 Å². The molecule has 0 bridgehead atoms. The second-order valence-corrected chi connectivity index (χ2v) is 32.6. The third-order valence-electron chi connectivity index (χ3n) is 21.1. The van der Waals surface area contributed by atoms with Gasteiger partial charge in [-0.15, -0.1) is 0 Å². The van der Waals surface area contributed by atoms with E-state index in [1.807, 2.05) is 69.2 Å². The Morgan fingerprint density at radius 3 is 1.38 bits per heavy atom. The number of rotatable bonds is 22. The van der Waals surface area contributed by atoms with Gasteiger partial charge in [-0.05, 0) is 119 Å². The van der Waals surface area contributed by atoms with E-state index in [0.29, 0.717) is 32.4 Å². The van der Waals surface area contributed by atoms with Crippen molar-refractivity contribution in [3.05, 3.63) is 0 Å². The van der Waals surface area contributed by atoms with Crippen molar-refractivity contribution in [2.45, 2.75) is 297 Å². The number of carbonyl (C=O) groups excluding carboxylic acids is 12. The number of carbonyl (C=O) groups is 12. The van der Waals surface area contributed by atoms with Crippen LogP contribution in [0.15, 0.2) is 0 Å². The topological polar surface area (TPSA) is 337 Å². The Labute approximate surface area is 621 Å². The molecule has 0 spiro atoms. The molecule has 27 heteroatoms. The number of amides is 12. The Kier molecular flexibility index (Phi) is 38.6. The van der Waals surface area contributed by atoms with Crippen LogP contribution in [0.2, 0.25) is 0 Å². The Morgan fingerprint density at radius 2 is 0.894 bits per heavy atom. The van der Waals surface area contributed by atoms with Gasteiger partial charge in [0.1, 0.15) is 54.4 Å². The van der Waals surface area contributed by atoms with E-state index >= 15 is 28.8 Å². The molecule has 594 valence electrons. The number of piperidine rings is 1. The molecule has 2 aliphatic heterocycles. The van der Waals surface area contributed by atoms with Gasteiger partial charge in [0.2, 0.25) is 70.9 Å². The highest BCUT2D eigenvalue weighted by molar-refractivity contribution is 5.99. The number of nitrogens with zero attached hydrogens (tertiary/aromatic N) is 7. The van der Waals surface area contributed by atoms with E-state index in [2.05, 4.69) is 26.6 Å². The number of aliphatic hydroxyl groups is 2. The maximum absolute atomic E-state index is 15.7. The summed E-state index contributed by atoms with van der Waals surface area (Å²) in [5, 5.41) is 35.7. The van der Waals surface area contributed by atoms with E-state index in [9.17, 15) is 39.0 Å². The third kappa shape index (κ3) is 28.3. The summed E-state index contributed by atoms with van der Waals surface area (Å²) in [6.45, 7) is 21.2. The van der Waals surface area contributed by atoms with Crippen LogP contribution in [-0.4, -0.2) is 263 Å². The summed E-state index contributed by atoms with van der Waals surface area (Å²) in [6.07, 6.45) is 9.92. The molecular formula is C77H136N12O15. The highest BCUT2D eigenvalue weighted by Gasteiger charge is 2.44. The first kappa shape index (κ1) is 89.9. The zero-order chi connectivity index (χ0) is 77.8. The monoisotopic (exact) mass is 1470 g/mol. The van der Waals surface area contributed by atoms with Crippen LogP contribution < -0.4 is 26.6 Å². The van der Waals surface area contributed by atoms with Crippen LogP contribution in [0, 0.1) is 41.4 Å². The van der Waals surface area contributed by atoms with E-state index in [4.69, 9.17) is 4.74 Å². The maximum Gasteiger partial charge on any atom is 0.248 e. The number of likely N-dealkylation sites (N-methyl/N-ethyl adjacent to an activating group) is 5. The summed E-state index contributed by atoms with van der Waals surface area (Å²) in [6, 6.07) is -12.6. The first-order valence-electron chi connectivity index (χ1n) is 39.3. The average Bonchev–Trinajstić information content (AvgIpc) is 0.818. The Balaban J connectivity index is 1.98. The van der Waals surface area contributed by atoms with Gasteiger partial charge in [0.15, 0.2) is 0 Å². The van der Waals surface area contributed by atoms with Crippen LogP contribution >= 0.6 is 0 Å². The quantitative estimate of drug-likeness (QED) is 0.0689. The summed E-state index contributed by atoms with van der Waals surface area (Å²) in [5.74, 6) is -8.74. The summed E-state index contributed by atoms with van der Waals surface area (Å²) >= 11 is 0. The highest BCUT2D eigenvalue weighted by Crippen LogP contribution is 2.32. The predicted molar refractivity (Wildman–Crippen MR) is 398 cm³/mol. The molecule has 0 radical (unpaired) electrons. The minimum atomic E-state index is -1.63. The van der Waals surface area contributed by atoms with Crippen molar-refractivity contribution in [1.82, 2.24) is 60.9 Å². The van der Waals surface area contributed by atoms with Gasteiger partial charge in [-0.3, -0.25) is 57.5 Å². The van der Waals surface area contributed by atoms with E-state index in [0.717, 1.165) is 70.6 Å². The lowest BCUT2D eigenvalue weighted by molar-refractivity contribution is -0.151. The van der Waals surface area contributed by atoms with Crippen LogP contribution in [0.4, 0.5) is 0 Å². The molecule has 2 saturated carbocycles. The normalized spacial score (nSPS) is 26.8. The van der Waals surface area contributed by atoms with Crippen LogP contribution in [-0.2, 0) is 62.3 Å². The Morgan fingerprint density at radius 1 is 0.471 bits per heavy atom. The minimum absolute atomic E-state index is 0.00652. The van der Waals surface area contributed by atoms with Crippen molar-refractivity contribution in [3.8, 4) is 0 Å². The van der Waals surface area contributed by atoms with Crippen molar-refractivity contribution in [2.24, 2.45) is 41.4 Å². The Hall–Kier alpha value is -6.48. The Bertz CT molecular complexity index is 2790. The van der Waals surface area contributed by atoms with Crippen molar-refractivity contribution < 1.29 is 72.5 Å². The van der Waals surface area contributed by atoms with Gasteiger partial charge in [0, 0.05) is 61.3 Å².